The molecule has 5 nitrogen and oxygen atoms in total. The van der Waals surface area contributed by atoms with Crippen molar-refractivity contribution in [3.05, 3.63) is 81.9 Å². The Balaban J connectivity index is 1.81. The van der Waals surface area contributed by atoms with Gasteiger partial charge >= 0.3 is 5.97 Å². The van der Waals surface area contributed by atoms with Gasteiger partial charge < -0.3 is 14.1 Å². The molecule has 3 aromatic rings. The Kier molecular flexibility index (Phi) is 5.30. The van der Waals surface area contributed by atoms with Gasteiger partial charge in [-0.3, -0.25) is 4.79 Å². The SMILES string of the molecule is COC(=O)c1ccc(C(=O)N(Cc2ccoc2)Cc2cccs2)cc1. The number of amides is 1. The number of methoxy groups -OCH3 is 1. The van der Waals surface area contributed by atoms with Gasteiger partial charge in [0.2, 0.25) is 0 Å². The van der Waals surface area contributed by atoms with Crippen LogP contribution in [0.4, 0.5) is 0 Å². The standard InChI is InChI=1S/C19H17NO4S/c1-23-19(22)16-6-4-15(5-7-16)18(21)20(11-14-8-9-24-13-14)12-17-3-2-10-25-17/h2-10,13H,11-12H2,1H3. The van der Waals surface area contributed by atoms with Crippen molar-refractivity contribution < 1.29 is 18.7 Å². The van der Waals surface area contributed by atoms with E-state index in [1.165, 1.54) is 7.11 Å². The highest BCUT2D eigenvalue weighted by Gasteiger charge is 2.18. The zero-order chi connectivity index (χ0) is 17.6. The first-order chi connectivity index (χ1) is 12.2. The molecule has 128 valence electrons. The molecule has 0 bridgehead atoms. The quantitative estimate of drug-likeness (QED) is 0.628. The summed E-state index contributed by atoms with van der Waals surface area (Å²) in [5, 5.41) is 1.99. The van der Waals surface area contributed by atoms with E-state index in [2.05, 4.69) is 4.74 Å². The maximum absolute atomic E-state index is 12.9. The van der Waals surface area contributed by atoms with E-state index in [1.807, 2.05) is 23.6 Å². The van der Waals surface area contributed by atoms with E-state index in [-0.39, 0.29) is 5.91 Å². The van der Waals surface area contributed by atoms with Crippen LogP contribution in [0.3, 0.4) is 0 Å². The normalized spacial score (nSPS) is 10.4. The molecule has 0 atom stereocenters. The molecule has 0 aliphatic heterocycles. The van der Waals surface area contributed by atoms with Crippen LogP contribution in [0.2, 0.25) is 0 Å². The molecule has 6 heteroatoms. The van der Waals surface area contributed by atoms with Crippen LogP contribution in [-0.2, 0) is 17.8 Å². The Morgan fingerprint density at radius 3 is 2.44 bits per heavy atom. The van der Waals surface area contributed by atoms with Crippen molar-refractivity contribution in [2.75, 3.05) is 7.11 Å². The van der Waals surface area contributed by atoms with E-state index in [0.717, 1.165) is 10.4 Å². The minimum absolute atomic E-state index is 0.106. The first kappa shape index (κ1) is 17.0. The molecule has 0 radical (unpaired) electrons. The number of hydrogen-bond acceptors (Lipinski definition) is 5. The van der Waals surface area contributed by atoms with Crippen LogP contribution < -0.4 is 0 Å². The van der Waals surface area contributed by atoms with Gasteiger partial charge in [0.15, 0.2) is 0 Å². The summed E-state index contributed by atoms with van der Waals surface area (Å²) in [6.07, 6.45) is 3.23. The van der Waals surface area contributed by atoms with Gasteiger partial charge in [0.05, 0.1) is 31.7 Å². The molecule has 0 aliphatic rings. The summed E-state index contributed by atoms with van der Waals surface area (Å²) in [6.45, 7) is 0.965. The number of thiophene rings is 1. The molecule has 2 aromatic heterocycles. The van der Waals surface area contributed by atoms with Crippen molar-refractivity contribution in [1.82, 2.24) is 4.90 Å². The zero-order valence-corrected chi connectivity index (χ0v) is 14.5. The van der Waals surface area contributed by atoms with Crippen molar-refractivity contribution >= 4 is 23.2 Å². The average molecular weight is 355 g/mol. The van der Waals surface area contributed by atoms with Crippen molar-refractivity contribution in [3.8, 4) is 0 Å². The fourth-order valence-electron chi connectivity index (χ4n) is 2.44. The highest BCUT2D eigenvalue weighted by atomic mass is 32.1. The molecule has 2 heterocycles. The molecular formula is C19H17NO4S. The Hall–Kier alpha value is -2.86. The Morgan fingerprint density at radius 1 is 1.08 bits per heavy atom. The Morgan fingerprint density at radius 2 is 1.84 bits per heavy atom. The molecule has 0 spiro atoms. The van der Waals surface area contributed by atoms with Crippen LogP contribution in [0.15, 0.2) is 64.8 Å². The van der Waals surface area contributed by atoms with Crippen LogP contribution in [0.5, 0.6) is 0 Å². The molecule has 0 aliphatic carbocycles. The van der Waals surface area contributed by atoms with Crippen molar-refractivity contribution in [2.45, 2.75) is 13.1 Å². The predicted molar refractivity (Wildman–Crippen MR) is 94.4 cm³/mol. The van der Waals surface area contributed by atoms with E-state index < -0.39 is 5.97 Å². The van der Waals surface area contributed by atoms with Crippen molar-refractivity contribution in [2.24, 2.45) is 0 Å². The smallest absolute Gasteiger partial charge is 0.337 e. The van der Waals surface area contributed by atoms with Gasteiger partial charge in [-0.25, -0.2) is 4.79 Å². The minimum atomic E-state index is -0.423. The van der Waals surface area contributed by atoms with E-state index in [0.29, 0.717) is 24.2 Å². The highest BCUT2D eigenvalue weighted by molar-refractivity contribution is 7.09. The number of nitrogens with zero attached hydrogens (tertiary/aromatic N) is 1. The number of carbonyl (C=O) groups excluding carboxylic acids is 2. The zero-order valence-electron chi connectivity index (χ0n) is 13.7. The second-order valence-electron chi connectivity index (χ2n) is 5.44. The van der Waals surface area contributed by atoms with Crippen LogP contribution in [0.25, 0.3) is 0 Å². The van der Waals surface area contributed by atoms with Crippen molar-refractivity contribution in [1.29, 1.82) is 0 Å². The number of rotatable bonds is 6. The van der Waals surface area contributed by atoms with E-state index in [1.54, 1.807) is 53.0 Å². The summed E-state index contributed by atoms with van der Waals surface area (Å²) >= 11 is 1.61. The number of benzene rings is 1. The summed E-state index contributed by atoms with van der Waals surface area (Å²) in [5.41, 5.74) is 1.86. The molecule has 1 amide bonds. The molecule has 0 fully saturated rings. The lowest BCUT2D eigenvalue weighted by atomic mass is 10.1. The van der Waals surface area contributed by atoms with Crippen LogP contribution >= 0.6 is 11.3 Å². The molecule has 0 saturated carbocycles. The molecule has 0 saturated heterocycles. The lowest BCUT2D eigenvalue weighted by Gasteiger charge is -2.21. The molecule has 0 N–H and O–H groups in total. The summed E-state index contributed by atoms with van der Waals surface area (Å²) < 4.78 is 9.78. The van der Waals surface area contributed by atoms with Crippen LogP contribution in [0.1, 0.15) is 31.2 Å². The lowest BCUT2D eigenvalue weighted by Crippen LogP contribution is -2.29. The third-order valence-corrected chi connectivity index (χ3v) is 4.58. The fraction of sp³-hybridized carbons (Fsp3) is 0.158. The summed E-state index contributed by atoms with van der Waals surface area (Å²) in [6, 6.07) is 12.3. The monoisotopic (exact) mass is 355 g/mol. The first-order valence-electron chi connectivity index (χ1n) is 7.68. The summed E-state index contributed by atoms with van der Waals surface area (Å²) in [5.74, 6) is -0.529. The molecule has 25 heavy (non-hydrogen) atoms. The third-order valence-electron chi connectivity index (χ3n) is 3.72. The Bertz CT molecular complexity index is 787. The van der Waals surface area contributed by atoms with E-state index >= 15 is 0 Å². The van der Waals surface area contributed by atoms with Gasteiger partial charge in [-0.15, -0.1) is 11.3 Å². The number of furan rings is 1. The van der Waals surface area contributed by atoms with Gasteiger partial charge in [-0.05, 0) is 41.8 Å². The fourth-order valence-corrected chi connectivity index (χ4v) is 3.16. The first-order valence-corrected chi connectivity index (χ1v) is 8.56. The molecule has 3 rings (SSSR count). The average Bonchev–Trinajstić information content (AvgIpc) is 3.34. The number of esters is 1. The predicted octanol–water partition coefficient (Wildman–Crippen LogP) is 3.97. The topological polar surface area (TPSA) is 59.8 Å². The largest absolute Gasteiger partial charge is 0.472 e. The Labute approximate surface area is 149 Å². The van der Waals surface area contributed by atoms with E-state index in [4.69, 9.17) is 4.42 Å². The third kappa shape index (κ3) is 4.16. The van der Waals surface area contributed by atoms with Crippen LogP contribution in [-0.4, -0.2) is 23.9 Å². The van der Waals surface area contributed by atoms with Gasteiger partial charge in [0.1, 0.15) is 0 Å². The lowest BCUT2D eigenvalue weighted by molar-refractivity contribution is 0.0599. The van der Waals surface area contributed by atoms with Crippen LogP contribution in [0, 0.1) is 0 Å². The number of ether oxygens (including phenoxy) is 1. The van der Waals surface area contributed by atoms with Gasteiger partial charge in [-0.2, -0.15) is 0 Å². The highest BCUT2D eigenvalue weighted by Crippen LogP contribution is 2.18. The maximum atomic E-state index is 12.9. The molecular weight excluding hydrogens is 338 g/mol. The summed E-state index contributed by atoms with van der Waals surface area (Å²) in [4.78, 5) is 27.3. The molecule has 1 aromatic carbocycles. The number of hydrogen-bond donors (Lipinski definition) is 0. The maximum Gasteiger partial charge on any atom is 0.337 e. The second kappa shape index (κ2) is 7.81. The van der Waals surface area contributed by atoms with E-state index in [9.17, 15) is 9.59 Å². The summed E-state index contributed by atoms with van der Waals surface area (Å²) in [7, 11) is 1.33. The van der Waals surface area contributed by atoms with Crippen molar-refractivity contribution in [3.63, 3.8) is 0 Å². The molecule has 0 unspecified atom stereocenters. The van der Waals surface area contributed by atoms with Gasteiger partial charge in [0, 0.05) is 22.5 Å². The van der Waals surface area contributed by atoms with Gasteiger partial charge in [0.25, 0.3) is 5.91 Å². The second-order valence-corrected chi connectivity index (χ2v) is 6.47. The minimum Gasteiger partial charge on any atom is -0.472 e. The van der Waals surface area contributed by atoms with Gasteiger partial charge in [-0.1, -0.05) is 6.07 Å². The number of carbonyl (C=O) groups is 2.